The first-order valence-electron chi connectivity index (χ1n) is 11.9. The third-order valence-electron chi connectivity index (χ3n) is 6.19. The van der Waals surface area contributed by atoms with Gasteiger partial charge in [0, 0.05) is 11.1 Å². The molecule has 1 atom stereocenters. The van der Waals surface area contributed by atoms with Crippen molar-refractivity contribution in [2.45, 2.75) is 17.9 Å². The molecule has 4 aromatic carbocycles. The second-order valence-corrected chi connectivity index (χ2v) is 12.5. The summed E-state index contributed by atoms with van der Waals surface area (Å²) >= 11 is 0. The molecular weight excluding hydrogens is 526 g/mol. The fraction of sp³-hybridized carbons (Fsp3) is 0.148. The maximum absolute atomic E-state index is 13.0. The van der Waals surface area contributed by atoms with Gasteiger partial charge in [-0.3, -0.25) is 13.8 Å². The second kappa shape index (κ2) is 9.99. The van der Waals surface area contributed by atoms with Crippen molar-refractivity contribution < 1.29 is 26.4 Å². The van der Waals surface area contributed by atoms with E-state index in [0.29, 0.717) is 17.1 Å². The van der Waals surface area contributed by atoms with Crippen LogP contribution in [0.4, 0.5) is 17.1 Å². The summed E-state index contributed by atoms with van der Waals surface area (Å²) < 4.78 is 61.0. The Morgan fingerprint density at radius 2 is 1.58 bits per heavy atom. The van der Waals surface area contributed by atoms with E-state index in [1.807, 2.05) is 30.3 Å². The van der Waals surface area contributed by atoms with Crippen molar-refractivity contribution in [1.29, 1.82) is 0 Å². The van der Waals surface area contributed by atoms with Gasteiger partial charge in [-0.05, 0) is 54.8 Å². The normalized spacial score (nSPS) is 15.4. The number of sulfonamides is 2. The molecule has 0 spiro atoms. The monoisotopic (exact) mass is 551 g/mol. The van der Waals surface area contributed by atoms with E-state index in [-0.39, 0.29) is 22.9 Å². The molecule has 11 heteroatoms. The van der Waals surface area contributed by atoms with Gasteiger partial charge in [0.15, 0.2) is 6.10 Å². The Morgan fingerprint density at radius 1 is 0.895 bits per heavy atom. The predicted octanol–water partition coefficient (Wildman–Crippen LogP) is 4.20. The summed E-state index contributed by atoms with van der Waals surface area (Å²) in [5.41, 5.74) is 1.18. The topological polar surface area (TPSA) is 122 Å². The molecule has 0 bridgehead atoms. The number of nitrogens with one attached hydrogen (secondary N) is 2. The molecule has 0 fully saturated rings. The van der Waals surface area contributed by atoms with Crippen LogP contribution in [0.5, 0.6) is 5.75 Å². The van der Waals surface area contributed by atoms with Crippen LogP contribution in [0, 0.1) is 0 Å². The largest absolute Gasteiger partial charge is 0.476 e. The quantitative estimate of drug-likeness (QED) is 0.355. The molecule has 196 valence electrons. The molecule has 9 nitrogen and oxygen atoms in total. The summed E-state index contributed by atoms with van der Waals surface area (Å²) in [7, 11) is -7.53. The second-order valence-electron chi connectivity index (χ2n) is 8.65. The SMILES string of the molecule is CCS(=O)(=O)N1C[C@@H](C(=O)Nc2ccc(S(=O)(=O)Nc3cccc4ccccc34)cc2)Oc2ccccc21. The average molecular weight is 552 g/mol. The van der Waals surface area contributed by atoms with Crippen LogP contribution in [0.25, 0.3) is 10.8 Å². The van der Waals surface area contributed by atoms with Crippen LogP contribution in [-0.4, -0.2) is 41.1 Å². The third-order valence-corrected chi connectivity index (χ3v) is 9.32. The molecule has 0 radical (unpaired) electrons. The molecule has 0 aliphatic carbocycles. The summed E-state index contributed by atoms with van der Waals surface area (Å²) in [6, 6.07) is 25.1. The van der Waals surface area contributed by atoms with Crippen molar-refractivity contribution in [3.05, 3.63) is 91.0 Å². The summed E-state index contributed by atoms with van der Waals surface area (Å²) in [5, 5.41) is 4.36. The van der Waals surface area contributed by atoms with Gasteiger partial charge in [-0.25, -0.2) is 16.8 Å². The highest BCUT2D eigenvalue weighted by Crippen LogP contribution is 2.35. The number of hydrogen-bond acceptors (Lipinski definition) is 6. The van der Waals surface area contributed by atoms with Gasteiger partial charge >= 0.3 is 0 Å². The lowest BCUT2D eigenvalue weighted by molar-refractivity contribution is -0.122. The maximum atomic E-state index is 13.0. The lowest BCUT2D eigenvalue weighted by Gasteiger charge is -2.34. The van der Waals surface area contributed by atoms with E-state index in [1.54, 1.807) is 36.4 Å². The average Bonchev–Trinajstić information content (AvgIpc) is 2.92. The number of nitrogens with zero attached hydrogens (tertiary/aromatic N) is 1. The van der Waals surface area contributed by atoms with Gasteiger partial charge in [-0.2, -0.15) is 0 Å². The molecule has 4 aromatic rings. The van der Waals surface area contributed by atoms with Gasteiger partial charge in [0.1, 0.15) is 5.75 Å². The fourth-order valence-corrected chi connectivity index (χ4v) is 6.42. The van der Waals surface area contributed by atoms with Gasteiger partial charge in [-0.15, -0.1) is 0 Å². The number of fused-ring (bicyclic) bond motifs is 2. The zero-order valence-corrected chi connectivity index (χ0v) is 22.0. The molecule has 1 aliphatic heterocycles. The van der Waals surface area contributed by atoms with Crippen molar-refractivity contribution in [1.82, 2.24) is 0 Å². The number of benzene rings is 4. The van der Waals surface area contributed by atoms with Gasteiger partial charge < -0.3 is 10.1 Å². The molecule has 0 saturated carbocycles. The Morgan fingerprint density at radius 3 is 2.34 bits per heavy atom. The molecule has 38 heavy (non-hydrogen) atoms. The van der Waals surface area contributed by atoms with E-state index in [2.05, 4.69) is 10.0 Å². The molecule has 1 amide bonds. The first kappa shape index (κ1) is 25.6. The molecule has 5 rings (SSSR count). The van der Waals surface area contributed by atoms with Crippen LogP contribution >= 0.6 is 0 Å². The Kier molecular flexibility index (Phi) is 6.72. The van der Waals surface area contributed by atoms with Crippen LogP contribution < -0.4 is 19.1 Å². The molecule has 0 aromatic heterocycles. The zero-order chi connectivity index (χ0) is 26.9. The van der Waals surface area contributed by atoms with Crippen molar-refractivity contribution in [3.8, 4) is 5.75 Å². The number of carbonyl (C=O) groups excluding carboxylic acids is 1. The van der Waals surface area contributed by atoms with Crippen molar-refractivity contribution >= 4 is 53.8 Å². The first-order chi connectivity index (χ1) is 18.2. The number of anilines is 3. The molecule has 0 unspecified atom stereocenters. The lowest BCUT2D eigenvalue weighted by Crippen LogP contribution is -2.49. The molecule has 2 N–H and O–H groups in total. The third kappa shape index (κ3) is 5.02. The van der Waals surface area contributed by atoms with E-state index in [9.17, 15) is 21.6 Å². The Balaban J connectivity index is 1.32. The van der Waals surface area contributed by atoms with E-state index < -0.39 is 32.1 Å². The summed E-state index contributed by atoms with van der Waals surface area (Å²) in [5.74, 6) is -0.393. The van der Waals surface area contributed by atoms with Crippen molar-refractivity contribution in [2.75, 3.05) is 26.6 Å². The predicted molar refractivity (Wildman–Crippen MR) is 147 cm³/mol. The Labute approximate surface area is 221 Å². The number of carbonyl (C=O) groups is 1. The van der Waals surface area contributed by atoms with Gasteiger partial charge in [0.2, 0.25) is 10.0 Å². The zero-order valence-electron chi connectivity index (χ0n) is 20.4. The van der Waals surface area contributed by atoms with E-state index in [1.165, 1.54) is 35.5 Å². The highest BCUT2D eigenvalue weighted by atomic mass is 32.2. The molecule has 0 saturated heterocycles. The molecule has 1 heterocycles. The molecular formula is C27H25N3O6S2. The van der Waals surface area contributed by atoms with Gasteiger partial charge in [0.25, 0.3) is 15.9 Å². The molecule has 1 aliphatic rings. The van der Waals surface area contributed by atoms with Crippen LogP contribution in [-0.2, 0) is 24.8 Å². The summed E-state index contributed by atoms with van der Waals surface area (Å²) in [4.78, 5) is 13.0. The van der Waals surface area contributed by atoms with E-state index in [0.717, 1.165) is 10.8 Å². The van der Waals surface area contributed by atoms with Crippen LogP contribution in [0.1, 0.15) is 6.92 Å². The number of para-hydroxylation sites is 2. The number of ether oxygens (including phenoxy) is 1. The Bertz CT molecular complexity index is 1720. The maximum Gasteiger partial charge on any atom is 0.267 e. The standard InChI is InChI=1S/C27H25N3O6S2/c1-2-37(32,33)30-18-26(36-25-13-6-5-12-24(25)30)27(31)28-20-14-16-21(17-15-20)38(34,35)29-23-11-7-9-19-8-3-4-10-22(19)23/h3-17,26,29H,2,18H2,1H3,(H,28,31)/t26-/m0/s1. The van der Waals surface area contributed by atoms with Crippen molar-refractivity contribution in [2.24, 2.45) is 0 Å². The fourth-order valence-electron chi connectivity index (χ4n) is 4.22. The number of hydrogen-bond donors (Lipinski definition) is 2. The first-order valence-corrected chi connectivity index (χ1v) is 14.9. The highest BCUT2D eigenvalue weighted by Gasteiger charge is 2.36. The number of amides is 1. The van der Waals surface area contributed by atoms with Gasteiger partial charge in [0.05, 0.1) is 28.6 Å². The minimum Gasteiger partial charge on any atom is -0.476 e. The van der Waals surface area contributed by atoms with E-state index >= 15 is 0 Å². The lowest BCUT2D eigenvalue weighted by atomic mass is 10.1. The smallest absolute Gasteiger partial charge is 0.267 e. The van der Waals surface area contributed by atoms with Crippen LogP contribution in [0.3, 0.4) is 0 Å². The van der Waals surface area contributed by atoms with Crippen LogP contribution in [0.15, 0.2) is 95.9 Å². The van der Waals surface area contributed by atoms with Crippen molar-refractivity contribution in [3.63, 3.8) is 0 Å². The summed E-state index contributed by atoms with van der Waals surface area (Å²) in [6.45, 7) is 1.35. The van der Waals surface area contributed by atoms with E-state index in [4.69, 9.17) is 4.74 Å². The minimum atomic E-state index is -3.89. The van der Waals surface area contributed by atoms with Gasteiger partial charge in [-0.1, -0.05) is 48.5 Å². The minimum absolute atomic E-state index is 0.0199. The highest BCUT2D eigenvalue weighted by molar-refractivity contribution is 7.93. The number of rotatable bonds is 7. The Hall–Kier alpha value is -4.09. The summed E-state index contributed by atoms with van der Waals surface area (Å²) in [6.07, 6.45) is -1.09. The van der Waals surface area contributed by atoms with Crippen LogP contribution in [0.2, 0.25) is 0 Å².